The molecule has 1 saturated heterocycles. The number of benzene rings is 1. The minimum absolute atomic E-state index is 0. The minimum Gasteiger partial charge on any atom is -0.351 e. The van der Waals surface area contributed by atoms with Gasteiger partial charge in [-0.1, -0.05) is 12.5 Å². The van der Waals surface area contributed by atoms with E-state index in [4.69, 9.17) is 0 Å². The third kappa shape index (κ3) is 4.44. The number of carbonyl (C=O) groups is 1. The molecule has 3 nitrogen and oxygen atoms in total. The van der Waals surface area contributed by atoms with E-state index in [0.29, 0.717) is 5.56 Å². The van der Waals surface area contributed by atoms with Crippen molar-refractivity contribution < 1.29 is 13.6 Å². The zero-order valence-corrected chi connectivity index (χ0v) is 11.2. The van der Waals surface area contributed by atoms with Crippen molar-refractivity contribution in [3.63, 3.8) is 0 Å². The SMILES string of the molecule is Cl.O=C(NCc1ccc(F)c(F)c1)[C@@H]1CCCCN1. The van der Waals surface area contributed by atoms with Gasteiger partial charge in [-0.3, -0.25) is 4.79 Å². The minimum atomic E-state index is -0.891. The molecule has 0 aromatic heterocycles. The highest BCUT2D eigenvalue weighted by Crippen LogP contribution is 2.10. The molecular weight excluding hydrogens is 274 g/mol. The second-order valence-electron chi connectivity index (χ2n) is 4.47. The second kappa shape index (κ2) is 7.40. The Hall–Kier alpha value is -1.20. The fraction of sp³-hybridized carbons (Fsp3) is 0.462. The van der Waals surface area contributed by atoms with Crippen LogP contribution in [0.2, 0.25) is 0 Å². The second-order valence-corrected chi connectivity index (χ2v) is 4.47. The van der Waals surface area contributed by atoms with Gasteiger partial charge in [-0.05, 0) is 37.1 Å². The van der Waals surface area contributed by atoms with Crippen LogP contribution in [0.25, 0.3) is 0 Å². The van der Waals surface area contributed by atoms with Gasteiger partial charge in [0.25, 0.3) is 0 Å². The molecule has 0 spiro atoms. The first-order chi connectivity index (χ1) is 8.66. The summed E-state index contributed by atoms with van der Waals surface area (Å²) in [5.41, 5.74) is 0.554. The van der Waals surface area contributed by atoms with Crippen LogP contribution in [0.1, 0.15) is 24.8 Å². The first-order valence-corrected chi connectivity index (χ1v) is 6.12. The number of nitrogens with one attached hydrogen (secondary N) is 2. The van der Waals surface area contributed by atoms with Gasteiger partial charge in [0, 0.05) is 6.54 Å². The zero-order chi connectivity index (χ0) is 13.0. The first-order valence-electron chi connectivity index (χ1n) is 6.12. The van der Waals surface area contributed by atoms with Crippen LogP contribution in [0.15, 0.2) is 18.2 Å². The zero-order valence-electron chi connectivity index (χ0n) is 10.4. The summed E-state index contributed by atoms with van der Waals surface area (Å²) in [5.74, 6) is -1.85. The van der Waals surface area contributed by atoms with Crippen LogP contribution >= 0.6 is 12.4 Å². The van der Waals surface area contributed by atoms with Gasteiger partial charge in [-0.15, -0.1) is 12.4 Å². The first kappa shape index (κ1) is 15.9. The highest BCUT2D eigenvalue weighted by Gasteiger charge is 2.19. The van der Waals surface area contributed by atoms with Crippen molar-refractivity contribution in [3.8, 4) is 0 Å². The summed E-state index contributed by atoms with van der Waals surface area (Å²) in [6.45, 7) is 1.07. The van der Waals surface area contributed by atoms with Crippen molar-refractivity contribution in [3.05, 3.63) is 35.4 Å². The van der Waals surface area contributed by atoms with Crippen molar-refractivity contribution >= 4 is 18.3 Å². The van der Waals surface area contributed by atoms with E-state index in [0.717, 1.165) is 37.9 Å². The van der Waals surface area contributed by atoms with Crippen LogP contribution in [0, 0.1) is 11.6 Å². The monoisotopic (exact) mass is 290 g/mol. The van der Waals surface area contributed by atoms with E-state index in [1.807, 2.05) is 0 Å². The van der Waals surface area contributed by atoms with Crippen molar-refractivity contribution in [2.24, 2.45) is 0 Å². The molecule has 1 atom stereocenters. The number of amides is 1. The predicted molar refractivity (Wildman–Crippen MR) is 71.1 cm³/mol. The van der Waals surface area contributed by atoms with E-state index in [9.17, 15) is 13.6 Å². The fourth-order valence-electron chi connectivity index (χ4n) is 2.04. The lowest BCUT2D eigenvalue weighted by atomic mass is 10.0. The van der Waals surface area contributed by atoms with Gasteiger partial charge in [-0.2, -0.15) is 0 Å². The van der Waals surface area contributed by atoms with E-state index in [1.165, 1.54) is 6.07 Å². The number of hydrogen-bond donors (Lipinski definition) is 2. The Balaban J connectivity index is 0.00000180. The van der Waals surface area contributed by atoms with Gasteiger partial charge in [0.2, 0.25) is 5.91 Å². The Morgan fingerprint density at radius 1 is 1.32 bits per heavy atom. The molecule has 6 heteroatoms. The normalized spacial score (nSPS) is 18.5. The van der Waals surface area contributed by atoms with Gasteiger partial charge in [-0.25, -0.2) is 8.78 Å². The van der Waals surface area contributed by atoms with Crippen LogP contribution in [-0.4, -0.2) is 18.5 Å². The molecule has 2 N–H and O–H groups in total. The van der Waals surface area contributed by atoms with Crippen LogP contribution in [0.3, 0.4) is 0 Å². The largest absolute Gasteiger partial charge is 0.351 e. The standard InChI is InChI=1S/C13H16F2N2O.ClH/c14-10-5-4-9(7-11(10)15)8-17-13(18)12-3-1-2-6-16-12;/h4-5,7,12,16H,1-3,6,8H2,(H,17,18);1H/t12-;/m0./s1. The Labute approximate surface area is 117 Å². The fourth-order valence-corrected chi connectivity index (χ4v) is 2.04. The predicted octanol–water partition coefficient (Wildman–Crippen LogP) is 2.14. The maximum atomic E-state index is 13.0. The molecule has 1 amide bonds. The Morgan fingerprint density at radius 2 is 2.11 bits per heavy atom. The van der Waals surface area contributed by atoms with E-state index in [2.05, 4.69) is 10.6 Å². The number of hydrogen-bond acceptors (Lipinski definition) is 2. The van der Waals surface area contributed by atoms with Crippen molar-refractivity contribution in [1.82, 2.24) is 10.6 Å². The Bertz CT molecular complexity index is 437. The molecule has 106 valence electrons. The molecule has 1 aromatic carbocycles. The molecule has 0 saturated carbocycles. The summed E-state index contributed by atoms with van der Waals surface area (Å²) < 4.78 is 25.7. The van der Waals surface area contributed by atoms with Crippen LogP contribution < -0.4 is 10.6 Å². The topological polar surface area (TPSA) is 41.1 Å². The van der Waals surface area contributed by atoms with Gasteiger partial charge in [0.1, 0.15) is 0 Å². The van der Waals surface area contributed by atoms with Gasteiger partial charge in [0.05, 0.1) is 6.04 Å². The van der Waals surface area contributed by atoms with Crippen molar-refractivity contribution in [2.45, 2.75) is 31.8 Å². The molecule has 1 aliphatic rings. The number of piperidine rings is 1. The molecule has 1 aromatic rings. The molecule has 0 aliphatic carbocycles. The Kier molecular flexibility index (Phi) is 6.18. The third-order valence-corrected chi connectivity index (χ3v) is 3.08. The summed E-state index contributed by atoms with van der Waals surface area (Å²) in [7, 11) is 0. The van der Waals surface area contributed by atoms with E-state index < -0.39 is 11.6 Å². The average molecular weight is 291 g/mol. The molecule has 0 unspecified atom stereocenters. The highest BCUT2D eigenvalue weighted by atomic mass is 35.5. The molecule has 19 heavy (non-hydrogen) atoms. The molecule has 2 rings (SSSR count). The maximum absolute atomic E-state index is 13.0. The van der Waals surface area contributed by atoms with E-state index >= 15 is 0 Å². The van der Waals surface area contributed by atoms with Crippen LogP contribution in [0.5, 0.6) is 0 Å². The molecule has 1 heterocycles. The van der Waals surface area contributed by atoms with Crippen LogP contribution in [0.4, 0.5) is 8.78 Å². The summed E-state index contributed by atoms with van der Waals surface area (Å²) in [4.78, 5) is 11.8. The number of rotatable bonds is 3. The number of halogens is 3. The third-order valence-electron chi connectivity index (χ3n) is 3.08. The molecule has 1 fully saturated rings. The lowest BCUT2D eigenvalue weighted by Crippen LogP contribution is -2.46. The van der Waals surface area contributed by atoms with Crippen molar-refractivity contribution in [1.29, 1.82) is 0 Å². The van der Waals surface area contributed by atoms with E-state index in [1.54, 1.807) is 0 Å². The average Bonchev–Trinajstić information content (AvgIpc) is 2.41. The van der Waals surface area contributed by atoms with Crippen molar-refractivity contribution in [2.75, 3.05) is 6.54 Å². The van der Waals surface area contributed by atoms with Crippen LogP contribution in [-0.2, 0) is 11.3 Å². The summed E-state index contributed by atoms with van der Waals surface area (Å²) >= 11 is 0. The molecular formula is C13H17ClF2N2O. The summed E-state index contributed by atoms with van der Waals surface area (Å²) in [5, 5.41) is 5.85. The lowest BCUT2D eigenvalue weighted by molar-refractivity contribution is -0.123. The highest BCUT2D eigenvalue weighted by molar-refractivity contribution is 5.85. The molecule has 1 aliphatic heterocycles. The smallest absolute Gasteiger partial charge is 0.237 e. The molecule has 0 bridgehead atoms. The maximum Gasteiger partial charge on any atom is 0.237 e. The Morgan fingerprint density at radius 3 is 2.74 bits per heavy atom. The number of carbonyl (C=O) groups excluding carboxylic acids is 1. The van der Waals surface area contributed by atoms with E-state index in [-0.39, 0.29) is 30.9 Å². The quantitative estimate of drug-likeness (QED) is 0.895. The molecule has 0 radical (unpaired) electrons. The lowest BCUT2D eigenvalue weighted by Gasteiger charge is -2.22. The summed E-state index contributed by atoms with van der Waals surface area (Å²) in [6, 6.07) is 3.47. The summed E-state index contributed by atoms with van der Waals surface area (Å²) in [6.07, 6.45) is 2.95. The van der Waals surface area contributed by atoms with Gasteiger partial charge in [0.15, 0.2) is 11.6 Å². The van der Waals surface area contributed by atoms with Gasteiger partial charge < -0.3 is 10.6 Å². The van der Waals surface area contributed by atoms with Gasteiger partial charge >= 0.3 is 0 Å².